The Morgan fingerprint density at radius 3 is 0.816 bits per heavy atom. The summed E-state index contributed by atoms with van der Waals surface area (Å²) in [6.45, 7) is -6.73. The van der Waals surface area contributed by atoms with E-state index in [9.17, 15) is 0 Å². The highest BCUT2D eigenvalue weighted by atomic mass is 19.3. The van der Waals surface area contributed by atoms with Crippen LogP contribution < -0.4 is 0 Å². The molecule has 0 aromatic heterocycles. The standard InChI is InChI=1S/C19H15F13O6/c20-10-14(21,22)11(36-4-7-1-33-7)17(27,28)12(15(10,23)24,37-5-8-2-34-8)19(31,32)13(16(10,25)26,18(11,29)30)38-6-9-3-35-9/h7-9H,1-6H2. The molecule has 0 spiro atoms. The Kier molecular flexibility index (Phi) is 4.86. The molecule has 7 rings (SSSR count). The van der Waals surface area contributed by atoms with E-state index in [4.69, 9.17) is 0 Å². The Balaban J connectivity index is 1.72. The molecule has 4 aliphatic carbocycles. The Morgan fingerprint density at radius 2 is 0.632 bits per heavy atom. The fourth-order valence-corrected chi connectivity index (χ4v) is 5.80. The van der Waals surface area contributed by atoms with Gasteiger partial charge in [-0.15, -0.1) is 0 Å². The van der Waals surface area contributed by atoms with E-state index in [0.717, 1.165) is 0 Å². The largest absolute Gasteiger partial charge is 0.371 e. The second-order valence-corrected chi connectivity index (χ2v) is 9.95. The molecule has 7 fully saturated rings. The van der Waals surface area contributed by atoms with Crippen molar-refractivity contribution in [3.63, 3.8) is 0 Å². The van der Waals surface area contributed by atoms with Gasteiger partial charge in [-0.3, -0.25) is 0 Å². The molecule has 3 unspecified atom stereocenters. The molecule has 0 aromatic rings. The SMILES string of the molecule is FC1(F)C2(F)C(F)(F)C3(OCC4CO4)C(F)(F)C1(OCC1CO1)C(F)(F)C(OCC1CO1)(C2(F)F)C3(F)F. The number of hydrogen-bond donors (Lipinski definition) is 0. The lowest BCUT2D eigenvalue weighted by Gasteiger charge is -2.77. The topological polar surface area (TPSA) is 65.3 Å². The van der Waals surface area contributed by atoms with E-state index in [-0.39, 0.29) is 0 Å². The third-order valence-corrected chi connectivity index (χ3v) is 7.94. The summed E-state index contributed by atoms with van der Waals surface area (Å²) >= 11 is 0. The Hall–Kier alpha value is -1.15. The third kappa shape index (κ3) is 2.23. The van der Waals surface area contributed by atoms with Gasteiger partial charge in [-0.2, -0.15) is 52.7 Å². The molecule has 0 N–H and O–H groups in total. The first-order valence-corrected chi connectivity index (χ1v) is 11.0. The van der Waals surface area contributed by atoms with Gasteiger partial charge in [-0.05, 0) is 0 Å². The molecule has 0 amide bonds. The lowest BCUT2D eigenvalue weighted by Crippen LogP contribution is -3.11. The van der Waals surface area contributed by atoms with Crippen LogP contribution in [0.1, 0.15) is 0 Å². The van der Waals surface area contributed by atoms with Crippen molar-refractivity contribution in [2.45, 2.75) is 76.3 Å². The minimum absolute atomic E-state index is 0.497. The number of ether oxygens (including phenoxy) is 6. The molecule has 0 aromatic carbocycles. The fraction of sp³-hybridized carbons (Fsp3) is 1.00. The molecular weight excluding hydrogens is 571 g/mol. The summed E-state index contributed by atoms with van der Waals surface area (Å²) < 4.78 is 231. The summed E-state index contributed by atoms with van der Waals surface area (Å²) in [5.41, 5.74) is -26.4. The Labute approximate surface area is 202 Å². The van der Waals surface area contributed by atoms with Gasteiger partial charge in [-0.25, -0.2) is 4.39 Å². The first-order valence-electron chi connectivity index (χ1n) is 11.0. The summed E-state index contributed by atoms with van der Waals surface area (Å²) in [5, 5.41) is 0. The number of halogens is 13. The van der Waals surface area contributed by atoms with E-state index in [1.165, 1.54) is 0 Å². The average Bonchev–Trinajstić information content (AvgIpc) is 3.62. The van der Waals surface area contributed by atoms with Crippen LogP contribution in [0.25, 0.3) is 0 Å². The van der Waals surface area contributed by atoms with Gasteiger partial charge >= 0.3 is 41.2 Å². The van der Waals surface area contributed by atoms with Gasteiger partial charge in [-0.1, -0.05) is 0 Å². The van der Waals surface area contributed by atoms with Crippen molar-refractivity contribution < 1.29 is 85.5 Å². The van der Waals surface area contributed by atoms with Crippen molar-refractivity contribution in [1.82, 2.24) is 0 Å². The van der Waals surface area contributed by atoms with Crippen molar-refractivity contribution in [3.8, 4) is 0 Å². The van der Waals surface area contributed by atoms with Gasteiger partial charge in [0.05, 0.1) is 39.6 Å². The number of epoxide rings is 3. The average molecular weight is 586 g/mol. The zero-order valence-corrected chi connectivity index (χ0v) is 18.3. The third-order valence-electron chi connectivity index (χ3n) is 7.94. The number of rotatable bonds is 9. The second-order valence-electron chi connectivity index (χ2n) is 9.95. The Morgan fingerprint density at radius 1 is 0.421 bits per heavy atom. The first kappa shape index (κ1) is 27.0. The van der Waals surface area contributed by atoms with Crippen LogP contribution in [-0.2, 0) is 28.4 Å². The molecule has 0 radical (unpaired) electrons. The van der Waals surface area contributed by atoms with Crippen LogP contribution in [0.3, 0.4) is 0 Å². The van der Waals surface area contributed by atoms with Crippen molar-refractivity contribution in [3.05, 3.63) is 0 Å². The van der Waals surface area contributed by atoms with Gasteiger partial charge in [0, 0.05) is 0 Å². The molecular formula is C19H15F13O6. The van der Waals surface area contributed by atoms with Gasteiger partial charge < -0.3 is 28.4 Å². The lowest BCUT2D eigenvalue weighted by molar-refractivity contribution is -0.640. The van der Waals surface area contributed by atoms with Gasteiger partial charge in [0.15, 0.2) is 0 Å². The first-order chi connectivity index (χ1) is 17.2. The lowest BCUT2D eigenvalue weighted by atomic mass is 9.38. The fourth-order valence-electron chi connectivity index (χ4n) is 5.80. The van der Waals surface area contributed by atoms with Crippen LogP contribution >= 0.6 is 0 Å². The van der Waals surface area contributed by atoms with Crippen LogP contribution in [0.2, 0.25) is 0 Å². The molecule has 4 saturated carbocycles. The summed E-state index contributed by atoms with van der Waals surface area (Å²) in [7, 11) is 0. The van der Waals surface area contributed by atoms with Crippen LogP contribution in [0, 0.1) is 0 Å². The summed E-state index contributed by atoms with van der Waals surface area (Å²) in [4.78, 5) is 0. The molecule has 3 heterocycles. The molecule has 38 heavy (non-hydrogen) atoms. The molecule has 218 valence electrons. The Bertz CT molecular complexity index is 894. The van der Waals surface area contributed by atoms with Gasteiger partial charge in [0.1, 0.15) is 18.3 Å². The second kappa shape index (κ2) is 6.83. The van der Waals surface area contributed by atoms with Gasteiger partial charge in [0.25, 0.3) is 16.8 Å². The van der Waals surface area contributed by atoms with E-state index < -0.39 is 116 Å². The predicted octanol–water partition coefficient (Wildman–Crippen LogP) is 3.01. The summed E-state index contributed by atoms with van der Waals surface area (Å²) in [5.74, 6) is -42.6. The maximum atomic E-state index is 16.0. The predicted molar refractivity (Wildman–Crippen MR) is 88.8 cm³/mol. The van der Waals surface area contributed by atoms with E-state index in [1.807, 2.05) is 0 Å². The number of alkyl halides is 13. The minimum Gasteiger partial charge on any atom is -0.371 e. The van der Waals surface area contributed by atoms with Crippen molar-refractivity contribution >= 4 is 0 Å². The molecule has 19 heteroatoms. The zero-order valence-electron chi connectivity index (χ0n) is 18.3. The maximum Gasteiger partial charge on any atom is 0.334 e. The van der Waals surface area contributed by atoms with E-state index >= 15 is 57.1 Å². The highest BCUT2D eigenvalue weighted by Gasteiger charge is 3.22. The van der Waals surface area contributed by atoms with E-state index in [1.54, 1.807) is 0 Å². The van der Waals surface area contributed by atoms with Crippen molar-refractivity contribution in [1.29, 1.82) is 0 Å². The molecule has 3 atom stereocenters. The smallest absolute Gasteiger partial charge is 0.334 e. The van der Waals surface area contributed by atoms with Crippen LogP contribution in [-0.4, -0.2) is 116 Å². The van der Waals surface area contributed by atoms with Gasteiger partial charge in [0.2, 0.25) is 0 Å². The van der Waals surface area contributed by atoms with Crippen LogP contribution in [0.5, 0.6) is 0 Å². The van der Waals surface area contributed by atoms with Crippen LogP contribution in [0.15, 0.2) is 0 Å². The van der Waals surface area contributed by atoms with Crippen LogP contribution in [0.4, 0.5) is 57.1 Å². The van der Waals surface area contributed by atoms with Crippen molar-refractivity contribution in [2.24, 2.45) is 0 Å². The summed E-state index contributed by atoms with van der Waals surface area (Å²) in [6, 6.07) is 0. The van der Waals surface area contributed by atoms with Crippen molar-refractivity contribution in [2.75, 3.05) is 39.6 Å². The van der Waals surface area contributed by atoms with E-state index in [0.29, 0.717) is 0 Å². The highest BCUT2D eigenvalue weighted by molar-refractivity contribution is 5.55. The normalized spacial score (nSPS) is 50.6. The monoisotopic (exact) mass is 586 g/mol. The molecule has 7 aliphatic rings. The molecule has 3 aliphatic heterocycles. The molecule has 6 nitrogen and oxygen atoms in total. The number of hydrogen-bond acceptors (Lipinski definition) is 6. The molecule has 4 bridgehead atoms. The quantitative estimate of drug-likeness (QED) is 0.306. The molecule has 3 saturated heterocycles. The maximum absolute atomic E-state index is 16.0. The zero-order chi connectivity index (χ0) is 28.2. The summed E-state index contributed by atoms with van der Waals surface area (Å²) in [6.07, 6.45) is -4.55. The van der Waals surface area contributed by atoms with E-state index in [2.05, 4.69) is 28.4 Å². The highest BCUT2D eigenvalue weighted by Crippen LogP contribution is 2.88. The minimum atomic E-state index is -7.24.